The average Bonchev–Trinajstić information content (AvgIpc) is 3.73. The topological polar surface area (TPSA) is 89.3 Å². The number of rotatable bonds is 11. The predicted octanol–water partition coefficient (Wildman–Crippen LogP) is 6.23. The van der Waals surface area contributed by atoms with Crippen molar-refractivity contribution < 1.29 is 14.3 Å². The summed E-state index contributed by atoms with van der Waals surface area (Å²) in [5.74, 6) is -0.220. The summed E-state index contributed by atoms with van der Waals surface area (Å²) in [5, 5.41) is 3.88. The van der Waals surface area contributed by atoms with Gasteiger partial charge in [0.1, 0.15) is 11.6 Å². The lowest BCUT2D eigenvalue weighted by atomic mass is 9.77. The number of carbonyl (C=O) groups excluding carboxylic acids is 2. The van der Waals surface area contributed by atoms with Crippen LogP contribution in [0.3, 0.4) is 0 Å². The van der Waals surface area contributed by atoms with Crippen molar-refractivity contribution in [3.05, 3.63) is 142 Å². The van der Waals surface area contributed by atoms with Gasteiger partial charge in [0, 0.05) is 36.7 Å². The second-order valence-electron chi connectivity index (χ2n) is 11.0. The van der Waals surface area contributed by atoms with Crippen LogP contribution in [0.5, 0.6) is 0 Å². The molecule has 2 heterocycles. The number of methoxy groups -OCH3 is 1. The number of nitrogens with one attached hydrogen (secondary N) is 1. The van der Waals surface area contributed by atoms with Gasteiger partial charge in [0.2, 0.25) is 0 Å². The zero-order chi connectivity index (χ0) is 31.1. The van der Waals surface area contributed by atoms with Crippen molar-refractivity contribution in [1.82, 2.24) is 24.8 Å². The number of ether oxygens (including phenoxy) is 1. The smallest absolute Gasteiger partial charge is 0.328 e. The highest BCUT2D eigenvalue weighted by Crippen LogP contribution is 2.40. The highest BCUT2D eigenvalue weighted by Gasteiger charge is 2.38. The summed E-state index contributed by atoms with van der Waals surface area (Å²) in [5.41, 5.74) is 3.08. The van der Waals surface area contributed by atoms with E-state index in [1.54, 1.807) is 30.9 Å². The molecule has 1 N–H and O–H groups in total. The van der Waals surface area contributed by atoms with E-state index in [0.717, 1.165) is 26.6 Å². The molecule has 0 spiro atoms. The maximum absolute atomic E-state index is 13.2. The Morgan fingerprint density at radius 2 is 1.45 bits per heavy atom. The van der Waals surface area contributed by atoms with E-state index in [0.29, 0.717) is 18.2 Å². The van der Waals surface area contributed by atoms with Gasteiger partial charge in [0.15, 0.2) is 0 Å². The number of imidazole rings is 1. The van der Waals surface area contributed by atoms with Gasteiger partial charge in [0.25, 0.3) is 0 Å². The fourth-order valence-electron chi connectivity index (χ4n) is 5.41. The number of urea groups is 1. The molecule has 5 rings (SSSR count). The van der Waals surface area contributed by atoms with Gasteiger partial charge in [-0.3, -0.25) is 0 Å². The Balaban J connectivity index is 1.45. The fraction of sp³-hybridized carbons (Fsp3) is 0.257. The van der Waals surface area contributed by atoms with Gasteiger partial charge in [-0.05, 0) is 16.7 Å². The first kappa shape index (κ1) is 30.7. The lowest BCUT2D eigenvalue weighted by Crippen LogP contribution is -2.48. The van der Waals surface area contributed by atoms with Crippen LogP contribution in [0.1, 0.15) is 52.0 Å². The molecule has 9 heteroatoms. The monoisotopic (exact) mass is 607 g/mol. The minimum Gasteiger partial charge on any atom is -0.467 e. The van der Waals surface area contributed by atoms with Crippen molar-refractivity contribution in [2.75, 3.05) is 14.2 Å². The summed E-state index contributed by atoms with van der Waals surface area (Å²) >= 11 is 1.58. The van der Waals surface area contributed by atoms with E-state index in [-0.39, 0.29) is 12.5 Å². The molecule has 0 aliphatic heterocycles. The number of esters is 1. The molecule has 0 aliphatic carbocycles. The first-order chi connectivity index (χ1) is 21.3. The SMILES string of the molecule is COC(=O)C(Cc1cn(C(c2ccccc2)(c2ccccc2)c2ccccc2)cn1)NC(=O)N(C)Cc1cnc(C(C)C)s1. The summed E-state index contributed by atoms with van der Waals surface area (Å²) in [6.07, 6.45) is 5.70. The summed E-state index contributed by atoms with van der Waals surface area (Å²) < 4.78 is 7.16. The molecule has 0 bridgehead atoms. The van der Waals surface area contributed by atoms with Crippen molar-refractivity contribution in [3.8, 4) is 0 Å². The number of aromatic nitrogens is 3. The van der Waals surface area contributed by atoms with E-state index in [2.05, 4.69) is 65.1 Å². The number of thiazole rings is 1. The van der Waals surface area contributed by atoms with Crippen LogP contribution in [0.2, 0.25) is 0 Å². The molecule has 0 saturated carbocycles. The molecule has 2 amide bonds. The van der Waals surface area contributed by atoms with Crippen LogP contribution in [0, 0.1) is 0 Å². The maximum Gasteiger partial charge on any atom is 0.328 e. The molecule has 0 radical (unpaired) electrons. The van der Waals surface area contributed by atoms with Crippen molar-refractivity contribution in [2.45, 2.75) is 44.3 Å². The second-order valence-corrected chi connectivity index (χ2v) is 12.1. The predicted molar refractivity (Wildman–Crippen MR) is 173 cm³/mol. The van der Waals surface area contributed by atoms with Crippen LogP contribution in [0.25, 0.3) is 0 Å². The molecule has 0 fully saturated rings. The van der Waals surface area contributed by atoms with E-state index >= 15 is 0 Å². The molecule has 0 aliphatic rings. The van der Waals surface area contributed by atoms with E-state index in [1.165, 1.54) is 12.0 Å². The highest BCUT2D eigenvalue weighted by molar-refractivity contribution is 7.11. The quantitative estimate of drug-likeness (QED) is 0.142. The minimum atomic E-state index is -0.925. The molecular weight excluding hydrogens is 570 g/mol. The Labute approximate surface area is 262 Å². The van der Waals surface area contributed by atoms with Crippen molar-refractivity contribution in [3.63, 3.8) is 0 Å². The molecule has 226 valence electrons. The number of nitrogens with zero attached hydrogens (tertiary/aromatic N) is 4. The molecule has 1 unspecified atom stereocenters. The minimum absolute atomic E-state index is 0.158. The zero-order valence-corrected chi connectivity index (χ0v) is 26.2. The largest absolute Gasteiger partial charge is 0.467 e. The van der Waals surface area contributed by atoms with E-state index in [4.69, 9.17) is 9.72 Å². The summed E-state index contributed by atoms with van der Waals surface area (Å²) in [7, 11) is 3.01. The standard InChI is InChI=1S/C35H37N5O3S/c1-25(2)32-36-21-30(44-32)23-39(3)34(42)38-31(33(41)43-4)20-29-22-40(24-37-29)35(26-14-8-5-9-15-26,27-16-10-6-11-17-27)28-18-12-7-13-19-28/h5-19,21-22,24-25,31H,20,23H2,1-4H3,(H,38,42). The molecule has 2 aromatic heterocycles. The first-order valence-corrected chi connectivity index (χ1v) is 15.4. The van der Waals surface area contributed by atoms with Gasteiger partial charge in [-0.1, -0.05) is 105 Å². The van der Waals surface area contributed by atoms with Gasteiger partial charge in [-0.25, -0.2) is 19.6 Å². The van der Waals surface area contributed by atoms with Gasteiger partial charge >= 0.3 is 12.0 Å². The molecule has 1 atom stereocenters. The van der Waals surface area contributed by atoms with Crippen LogP contribution >= 0.6 is 11.3 Å². The lowest BCUT2D eigenvalue weighted by molar-refractivity contribution is -0.142. The van der Waals surface area contributed by atoms with Crippen LogP contribution in [0.4, 0.5) is 4.79 Å². The highest BCUT2D eigenvalue weighted by atomic mass is 32.1. The third-order valence-corrected chi connectivity index (χ3v) is 8.88. The maximum atomic E-state index is 13.2. The summed E-state index contributed by atoms with van der Waals surface area (Å²) in [6, 6.07) is 29.6. The molecule has 5 aromatic rings. The normalized spacial score (nSPS) is 12.1. The van der Waals surface area contributed by atoms with Gasteiger partial charge < -0.3 is 19.5 Å². The number of amides is 2. The number of hydrogen-bond donors (Lipinski definition) is 1. The summed E-state index contributed by atoms with van der Waals surface area (Å²) in [6.45, 7) is 4.56. The zero-order valence-electron chi connectivity index (χ0n) is 25.4. The van der Waals surface area contributed by atoms with Crippen molar-refractivity contribution in [1.29, 1.82) is 0 Å². The molecular formula is C35H37N5O3S. The Hall–Kier alpha value is -4.76. The Kier molecular flexibility index (Phi) is 9.55. The van der Waals surface area contributed by atoms with Crippen molar-refractivity contribution in [2.24, 2.45) is 0 Å². The van der Waals surface area contributed by atoms with Crippen LogP contribution in [-0.4, -0.2) is 51.6 Å². The number of hydrogen-bond acceptors (Lipinski definition) is 6. The third-order valence-electron chi connectivity index (χ3n) is 7.60. The molecule has 8 nitrogen and oxygen atoms in total. The number of benzene rings is 3. The molecule has 0 saturated heterocycles. The van der Waals surface area contributed by atoms with Crippen molar-refractivity contribution >= 4 is 23.3 Å². The lowest BCUT2D eigenvalue weighted by Gasteiger charge is -2.37. The van der Waals surface area contributed by atoms with Gasteiger partial charge in [0.05, 0.1) is 30.7 Å². The van der Waals surface area contributed by atoms with E-state index in [1.807, 2.05) is 60.8 Å². The average molecular weight is 608 g/mol. The van der Waals surface area contributed by atoms with E-state index < -0.39 is 17.6 Å². The van der Waals surface area contributed by atoms with Crippen LogP contribution < -0.4 is 5.32 Å². The van der Waals surface area contributed by atoms with E-state index in [9.17, 15) is 9.59 Å². The summed E-state index contributed by atoms with van der Waals surface area (Å²) in [4.78, 5) is 37.8. The Morgan fingerprint density at radius 3 is 1.93 bits per heavy atom. The fourth-order valence-corrected chi connectivity index (χ4v) is 6.38. The molecule has 3 aromatic carbocycles. The Bertz CT molecular complexity index is 1570. The Morgan fingerprint density at radius 1 is 0.909 bits per heavy atom. The first-order valence-electron chi connectivity index (χ1n) is 14.6. The van der Waals surface area contributed by atoms with Crippen LogP contribution in [-0.2, 0) is 28.0 Å². The van der Waals surface area contributed by atoms with Gasteiger partial charge in [-0.2, -0.15) is 0 Å². The number of carbonyl (C=O) groups is 2. The second kappa shape index (κ2) is 13.7. The molecule has 44 heavy (non-hydrogen) atoms. The van der Waals surface area contributed by atoms with Crippen LogP contribution in [0.15, 0.2) is 110 Å². The third kappa shape index (κ3) is 6.43. The van der Waals surface area contributed by atoms with Gasteiger partial charge in [-0.15, -0.1) is 11.3 Å².